The van der Waals surface area contributed by atoms with E-state index < -0.39 is 10.8 Å². The molecular weight excluding hydrogens is 430 g/mol. The zero-order valence-corrected chi connectivity index (χ0v) is 17.8. The summed E-state index contributed by atoms with van der Waals surface area (Å²) in [6, 6.07) is 20.3. The quantitative estimate of drug-likeness (QED) is 0.284. The summed E-state index contributed by atoms with van der Waals surface area (Å²) in [6.07, 6.45) is 1.42. The summed E-state index contributed by atoms with van der Waals surface area (Å²) in [4.78, 5) is 30.3. The number of amidine groups is 1. The number of hydrogen-bond acceptors (Lipinski definition) is 5. The average Bonchev–Trinajstić information content (AvgIpc) is 3.11. The van der Waals surface area contributed by atoms with Crippen molar-refractivity contribution in [2.24, 2.45) is 4.99 Å². The van der Waals surface area contributed by atoms with E-state index in [1.165, 1.54) is 17.0 Å². The van der Waals surface area contributed by atoms with Crippen LogP contribution in [-0.2, 0) is 4.79 Å². The lowest BCUT2D eigenvalue weighted by molar-refractivity contribution is -0.385. The molecule has 0 saturated heterocycles. The Morgan fingerprint density at radius 1 is 1.06 bits per heavy atom. The fourth-order valence-electron chi connectivity index (χ4n) is 3.36. The Hall–Kier alpha value is -3.97. The summed E-state index contributed by atoms with van der Waals surface area (Å²) in [5.41, 5.74) is 1.40. The summed E-state index contributed by atoms with van der Waals surface area (Å²) in [5.74, 6) is 0.603. The number of benzene rings is 3. The van der Waals surface area contributed by atoms with Crippen LogP contribution >= 0.6 is 11.6 Å². The van der Waals surface area contributed by atoms with Crippen LogP contribution in [0.15, 0.2) is 83.5 Å². The molecule has 4 rings (SSSR count). The Morgan fingerprint density at radius 2 is 1.75 bits per heavy atom. The van der Waals surface area contributed by atoms with E-state index in [2.05, 4.69) is 4.99 Å². The van der Waals surface area contributed by atoms with Crippen LogP contribution in [0.25, 0.3) is 6.08 Å². The molecule has 3 aromatic carbocycles. The highest BCUT2D eigenvalue weighted by molar-refractivity contribution is 6.39. The third-order valence-corrected chi connectivity index (χ3v) is 5.14. The Bertz CT molecular complexity index is 1250. The van der Waals surface area contributed by atoms with Gasteiger partial charge in [-0.1, -0.05) is 35.9 Å². The van der Waals surface area contributed by atoms with Crippen molar-refractivity contribution in [1.82, 2.24) is 0 Å². The second-order valence-electron chi connectivity index (χ2n) is 6.83. The fourth-order valence-corrected chi connectivity index (χ4v) is 3.58. The number of halogens is 1. The molecule has 1 heterocycles. The van der Waals surface area contributed by atoms with Gasteiger partial charge in [-0.2, -0.15) is 0 Å². The average molecular weight is 448 g/mol. The first-order chi connectivity index (χ1) is 15.5. The first-order valence-corrected chi connectivity index (χ1v) is 10.2. The van der Waals surface area contributed by atoms with Gasteiger partial charge in [0.05, 0.1) is 27.8 Å². The number of nitro groups is 1. The molecule has 1 amide bonds. The zero-order chi connectivity index (χ0) is 22.7. The molecule has 32 heavy (non-hydrogen) atoms. The van der Waals surface area contributed by atoms with Crippen molar-refractivity contribution in [2.45, 2.75) is 6.92 Å². The van der Waals surface area contributed by atoms with Gasteiger partial charge in [0.15, 0.2) is 0 Å². The van der Waals surface area contributed by atoms with Crippen molar-refractivity contribution < 1.29 is 14.5 Å². The minimum atomic E-state index is -0.491. The number of carbonyl (C=O) groups excluding carboxylic acids is 1. The van der Waals surface area contributed by atoms with Crippen LogP contribution in [0.1, 0.15) is 18.1 Å². The molecule has 0 radical (unpaired) electrons. The number of nitrogens with zero attached hydrogens (tertiary/aromatic N) is 3. The first kappa shape index (κ1) is 21.3. The van der Waals surface area contributed by atoms with Crippen LogP contribution in [0, 0.1) is 10.1 Å². The molecule has 0 spiro atoms. The number of nitro benzene ring substituents is 1. The Kier molecular flexibility index (Phi) is 6.00. The summed E-state index contributed by atoms with van der Waals surface area (Å²) in [5, 5.41) is 11.8. The summed E-state index contributed by atoms with van der Waals surface area (Å²) >= 11 is 6.40. The molecule has 0 aromatic heterocycles. The molecule has 1 aliphatic heterocycles. The van der Waals surface area contributed by atoms with Crippen LogP contribution < -0.4 is 9.64 Å². The second kappa shape index (κ2) is 9.03. The fraction of sp³-hybridized carbons (Fsp3) is 0.0833. The molecule has 0 N–H and O–H groups in total. The van der Waals surface area contributed by atoms with Crippen molar-refractivity contribution in [3.05, 3.63) is 105 Å². The van der Waals surface area contributed by atoms with Crippen molar-refractivity contribution in [3.8, 4) is 5.75 Å². The second-order valence-corrected chi connectivity index (χ2v) is 7.24. The summed E-state index contributed by atoms with van der Waals surface area (Å²) in [7, 11) is 0. The van der Waals surface area contributed by atoms with Gasteiger partial charge in [-0.15, -0.1) is 0 Å². The van der Waals surface area contributed by atoms with E-state index in [4.69, 9.17) is 16.3 Å². The van der Waals surface area contributed by atoms with Crippen molar-refractivity contribution in [1.29, 1.82) is 0 Å². The SMILES string of the molecule is CCOc1ccc(N2C(=O)/C(=C\c3ccccc3[N+](=O)[O-])N=C2c2ccccc2Cl)cc1. The molecule has 160 valence electrons. The molecule has 0 atom stereocenters. The molecule has 7 nitrogen and oxygen atoms in total. The van der Waals surface area contributed by atoms with Gasteiger partial charge in [0.2, 0.25) is 0 Å². The predicted octanol–water partition coefficient (Wildman–Crippen LogP) is 5.48. The van der Waals surface area contributed by atoms with Crippen LogP contribution in [0.2, 0.25) is 5.02 Å². The minimum Gasteiger partial charge on any atom is -0.494 e. The molecule has 0 unspecified atom stereocenters. The van der Waals surface area contributed by atoms with Gasteiger partial charge in [0.25, 0.3) is 11.6 Å². The maximum atomic E-state index is 13.4. The number of ether oxygens (including phenoxy) is 1. The van der Waals surface area contributed by atoms with E-state index in [0.29, 0.717) is 34.5 Å². The van der Waals surface area contributed by atoms with E-state index in [9.17, 15) is 14.9 Å². The zero-order valence-electron chi connectivity index (χ0n) is 17.1. The lowest BCUT2D eigenvalue weighted by Gasteiger charge is -2.19. The lowest BCUT2D eigenvalue weighted by Crippen LogP contribution is -2.32. The van der Waals surface area contributed by atoms with Crippen LogP contribution in [0.3, 0.4) is 0 Å². The number of carbonyl (C=O) groups is 1. The number of hydrogen-bond donors (Lipinski definition) is 0. The standard InChI is InChI=1S/C24H18ClN3O4/c1-2-32-18-13-11-17(12-14-18)27-23(19-8-4-5-9-20(19)25)26-21(24(27)29)15-16-7-3-6-10-22(16)28(30)31/h3-15H,2H2,1H3/b21-15+. The van der Waals surface area contributed by atoms with Gasteiger partial charge in [-0.25, -0.2) is 4.99 Å². The smallest absolute Gasteiger partial charge is 0.282 e. The number of amides is 1. The summed E-state index contributed by atoms with van der Waals surface area (Å²) < 4.78 is 5.49. The Balaban J connectivity index is 1.83. The van der Waals surface area contributed by atoms with Crippen molar-refractivity contribution >= 4 is 40.8 Å². The van der Waals surface area contributed by atoms with Crippen LogP contribution in [-0.4, -0.2) is 23.3 Å². The molecule has 3 aromatic rings. The van der Waals surface area contributed by atoms with Crippen LogP contribution in [0.4, 0.5) is 11.4 Å². The largest absolute Gasteiger partial charge is 0.494 e. The lowest BCUT2D eigenvalue weighted by atomic mass is 10.1. The van der Waals surface area contributed by atoms with Gasteiger partial charge < -0.3 is 4.74 Å². The monoisotopic (exact) mass is 447 g/mol. The molecule has 0 fully saturated rings. The highest BCUT2D eigenvalue weighted by Gasteiger charge is 2.34. The van der Waals surface area contributed by atoms with Gasteiger partial charge in [-0.05, 0) is 55.5 Å². The van der Waals surface area contributed by atoms with E-state index in [1.54, 1.807) is 66.7 Å². The molecule has 0 aliphatic carbocycles. The van der Waals surface area contributed by atoms with E-state index in [0.717, 1.165) is 0 Å². The van der Waals surface area contributed by atoms with Gasteiger partial charge in [0.1, 0.15) is 17.3 Å². The van der Waals surface area contributed by atoms with Gasteiger partial charge >= 0.3 is 0 Å². The molecule has 8 heteroatoms. The van der Waals surface area contributed by atoms with E-state index >= 15 is 0 Å². The normalized spacial score (nSPS) is 14.6. The molecule has 0 saturated carbocycles. The van der Waals surface area contributed by atoms with E-state index in [1.807, 2.05) is 6.92 Å². The topological polar surface area (TPSA) is 85.0 Å². The molecule has 0 bridgehead atoms. The third-order valence-electron chi connectivity index (χ3n) is 4.81. The number of para-hydroxylation sites is 1. The maximum Gasteiger partial charge on any atom is 0.282 e. The van der Waals surface area contributed by atoms with Gasteiger partial charge in [-0.3, -0.25) is 19.8 Å². The Morgan fingerprint density at radius 3 is 2.44 bits per heavy atom. The van der Waals surface area contributed by atoms with Gasteiger partial charge in [0, 0.05) is 11.6 Å². The summed E-state index contributed by atoms with van der Waals surface area (Å²) in [6.45, 7) is 2.41. The molecule has 1 aliphatic rings. The highest BCUT2D eigenvalue weighted by atomic mass is 35.5. The third kappa shape index (κ3) is 4.10. The molecular formula is C24H18ClN3O4. The first-order valence-electron chi connectivity index (χ1n) is 9.85. The van der Waals surface area contributed by atoms with Crippen molar-refractivity contribution in [2.75, 3.05) is 11.5 Å². The Labute approximate surface area is 189 Å². The number of rotatable bonds is 6. The van der Waals surface area contributed by atoms with Crippen molar-refractivity contribution in [3.63, 3.8) is 0 Å². The van der Waals surface area contributed by atoms with Crippen LogP contribution in [0.5, 0.6) is 5.75 Å². The number of aliphatic imine (C=N–C) groups is 1. The number of anilines is 1. The van der Waals surface area contributed by atoms with E-state index in [-0.39, 0.29) is 16.9 Å². The minimum absolute atomic E-state index is 0.0723. The maximum absolute atomic E-state index is 13.4. The highest BCUT2D eigenvalue weighted by Crippen LogP contribution is 2.32. The predicted molar refractivity (Wildman–Crippen MR) is 124 cm³/mol.